The molecule has 0 saturated carbocycles. The molecule has 0 saturated heterocycles. The van der Waals surface area contributed by atoms with Crippen LogP contribution >= 0.6 is 8.58 Å². The zero-order valence-corrected chi connectivity index (χ0v) is 10.6. The van der Waals surface area contributed by atoms with E-state index in [-0.39, 0.29) is 0 Å². The van der Waals surface area contributed by atoms with Gasteiger partial charge in [-0.25, -0.2) is 0 Å². The van der Waals surface area contributed by atoms with Crippen molar-refractivity contribution < 1.29 is 0 Å². The van der Waals surface area contributed by atoms with E-state index in [1.54, 1.807) is 0 Å². The predicted octanol–water partition coefficient (Wildman–Crippen LogP) is 3.08. The van der Waals surface area contributed by atoms with Crippen LogP contribution < -0.4 is 5.32 Å². The minimum Gasteiger partial charge on any atom is -0.310 e. The van der Waals surface area contributed by atoms with Crippen LogP contribution in [0.4, 0.5) is 0 Å². The molecule has 13 heavy (non-hydrogen) atoms. The lowest BCUT2D eigenvalue weighted by molar-refractivity contribution is 0.464. The highest BCUT2D eigenvalue weighted by molar-refractivity contribution is 7.39. The Morgan fingerprint density at radius 2 is 1.92 bits per heavy atom. The van der Waals surface area contributed by atoms with Gasteiger partial charge < -0.3 is 5.32 Å². The van der Waals surface area contributed by atoms with Crippen molar-refractivity contribution in [2.45, 2.75) is 33.5 Å². The van der Waals surface area contributed by atoms with E-state index in [1.807, 2.05) is 7.05 Å². The van der Waals surface area contributed by atoms with E-state index >= 15 is 0 Å². The Bertz CT molecular complexity index is 154. The largest absolute Gasteiger partial charge is 0.310 e. The molecule has 0 bridgehead atoms. The first-order valence-electron chi connectivity index (χ1n) is 5.13. The SMILES string of the molecule is C=C(C(NC)PCC)C(C)C(C)C. The van der Waals surface area contributed by atoms with Gasteiger partial charge in [0, 0.05) is 5.78 Å². The summed E-state index contributed by atoms with van der Waals surface area (Å²) >= 11 is 0. The van der Waals surface area contributed by atoms with E-state index in [9.17, 15) is 0 Å². The Kier molecular flexibility index (Phi) is 6.63. The molecule has 1 N–H and O–H groups in total. The molecule has 0 aliphatic rings. The van der Waals surface area contributed by atoms with Crippen LogP contribution in [0.15, 0.2) is 12.2 Å². The van der Waals surface area contributed by atoms with Gasteiger partial charge in [-0.1, -0.05) is 48.4 Å². The topological polar surface area (TPSA) is 12.0 Å². The molecule has 0 aromatic rings. The average Bonchev–Trinajstić information content (AvgIpc) is 2.11. The van der Waals surface area contributed by atoms with Crippen molar-refractivity contribution in [1.29, 1.82) is 0 Å². The van der Waals surface area contributed by atoms with Crippen LogP contribution in [0, 0.1) is 11.8 Å². The van der Waals surface area contributed by atoms with E-state index in [0.717, 1.165) is 8.58 Å². The number of hydrogen-bond donors (Lipinski definition) is 1. The maximum absolute atomic E-state index is 4.21. The van der Waals surface area contributed by atoms with Crippen LogP contribution in [0.1, 0.15) is 27.7 Å². The van der Waals surface area contributed by atoms with Gasteiger partial charge in [0.2, 0.25) is 0 Å². The summed E-state index contributed by atoms with van der Waals surface area (Å²) in [4.78, 5) is 0. The first-order valence-corrected chi connectivity index (χ1v) is 6.42. The smallest absolute Gasteiger partial charge is 0.0449 e. The van der Waals surface area contributed by atoms with Gasteiger partial charge in [-0.05, 0) is 25.0 Å². The molecule has 1 nitrogen and oxygen atoms in total. The van der Waals surface area contributed by atoms with Crippen molar-refractivity contribution in [3.8, 4) is 0 Å². The first kappa shape index (κ1) is 13.1. The Morgan fingerprint density at radius 1 is 1.38 bits per heavy atom. The summed E-state index contributed by atoms with van der Waals surface area (Å²) in [5.41, 5.74) is 1.37. The molecule has 0 radical (unpaired) electrons. The Morgan fingerprint density at radius 3 is 2.23 bits per heavy atom. The summed E-state index contributed by atoms with van der Waals surface area (Å²) in [5, 5.41) is 3.35. The van der Waals surface area contributed by atoms with E-state index in [4.69, 9.17) is 0 Å². The van der Waals surface area contributed by atoms with E-state index in [0.29, 0.717) is 17.6 Å². The molecule has 3 atom stereocenters. The summed E-state index contributed by atoms with van der Waals surface area (Å²) in [5.74, 6) is 1.85. The second kappa shape index (κ2) is 6.56. The quantitative estimate of drug-likeness (QED) is 0.514. The Balaban J connectivity index is 4.19. The second-order valence-electron chi connectivity index (χ2n) is 3.89. The average molecular weight is 201 g/mol. The van der Waals surface area contributed by atoms with Crippen LogP contribution in [0.2, 0.25) is 0 Å². The lowest BCUT2D eigenvalue weighted by Gasteiger charge is -2.26. The maximum Gasteiger partial charge on any atom is 0.0449 e. The Hall–Kier alpha value is 0.130. The molecule has 3 unspecified atom stereocenters. The third-order valence-electron chi connectivity index (χ3n) is 2.65. The minimum absolute atomic E-state index is 0.530. The normalized spacial score (nSPS) is 16.8. The van der Waals surface area contributed by atoms with Crippen molar-refractivity contribution in [1.82, 2.24) is 5.32 Å². The van der Waals surface area contributed by atoms with Crippen LogP contribution in [-0.4, -0.2) is 19.0 Å². The van der Waals surface area contributed by atoms with Gasteiger partial charge in [0.05, 0.1) is 0 Å². The highest BCUT2D eigenvalue weighted by Crippen LogP contribution is 2.29. The van der Waals surface area contributed by atoms with Crippen molar-refractivity contribution >= 4 is 8.58 Å². The monoisotopic (exact) mass is 201 g/mol. The molecule has 0 aliphatic heterocycles. The third-order valence-corrected chi connectivity index (χ3v) is 4.13. The van der Waals surface area contributed by atoms with Gasteiger partial charge in [-0.3, -0.25) is 0 Å². The fourth-order valence-corrected chi connectivity index (χ4v) is 2.45. The molecule has 0 aromatic carbocycles. The summed E-state index contributed by atoms with van der Waals surface area (Å²) in [6.45, 7) is 13.2. The number of likely N-dealkylation sites (N-methyl/N-ethyl adjacent to an activating group) is 1. The summed E-state index contributed by atoms with van der Waals surface area (Å²) in [7, 11) is 2.99. The van der Waals surface area contributed by atoms with E-state index < -0.39 is 0 Å². The molecule has 0 fully saturated rings. The summed E-state index contributed by atoms with van der Waals surface area (Å²) in [6.07, 6.45) is 1.25. The van der Waals surface area contributed by atoms with Crippen LogP contribution in [-0.2, 0) is 0 Å². The van der Waals surface area contributed by atoms with E-state index in [2.05, 4.69) is 39.6 Å². The molecule has 2 heteroatoms. The molecule has 0 spiro atoms. The fourth-order valence-electron chi connectivity index (χ4n) is 1.31. The van der Waals surface area contributed by atoms with Gasteiger partial charge in [0.15, 0.2) is 0 Å². The lowest BCUT2D eigenvalue weighted by Crippen LogP contribution is -2.27. The van der Waals surface area contributed by atoms with Crippen molar-refractivity contribution in [2.24, 2.45) is 11.8 Å². The van der Waals surface area contributed by atoms with Gasteiger partial charge in [0.1, 0.15) is 0 Å². The zero-order valence-electron chi connectivity index (χ0n) is 9.65. The maximum atomic E-state index is 4.21. The van der Waals surface area contributed by atoms with Gasteiger partial charge >= 0.3 is 0 Å². The summed E-state index contributed by atoms with van der Waals surface area (Å²) in [6, 6.07) is 0. The highest BCUT2D eigenvalue weighted by atomic mass is 31.1. The Labute approximate surface area is 85.2 Å². The first-order chi connectivity index (χ1) is 6.04. The van der Waals surface area contributed by atoms with Crippen LogP contribution in [0.25, 0.3) is 0 Å². The molecular formula is C11H24NP. The predicted molar refractivity (Wildman–Crippen MR) is 64.8 cm³/mol. The van der Waals surface area contributed by atoms with Crippen LogP contribution in [0.3, 0.4) is 0 Å². The molecule has 0 heterocycles. The molecule has 0 rings (SSSR count). The number of rotatable bonds is 6. The number of nitrogens with one attached hydrogen (secondary N) is 1. The van der Waals surface area contributed by atoms with Crippen molar-refractivity contribution in [2.75, 3.05) is 13.2 Å². The second-order valence-corrected chi connectivity index (χ2v) is 5.58. The molecule has 0 aliphatic carbocycles. The zero-order chi connectivity index (χ0) is 10.4. The summed E-state index contributed by atoms with van der Waals surface area (Å²) < 4.78 is 0. The highest BCUT2D eigenvalue weighted by Gasteiger charge is 2.17. The molecule has 0 amide bonds. The van der Waals surface area contributed by atoms with Gasteiger partial charge in [-0.2, -0.15) is 0 Å². The lowest BCUT2D eigenvalue weighted by atomic mass is 9.91. The van der Waals surface area contributed by atoms with Crippen molar-refractivity contribution in [3.05, 3.63) is 12.2 Å². The fraction of sp³-hybridized carbons (Fsp3) is 0.818. The third kappa shape index (κ3) is 4.24. The molecule has 78 valence electrons. The standard InChI is InChI=1S/C11H24NP/c1-7-13-11(12-6)10(5)9(4)8(2)3/h8-9,11-13H,5,7H2,1-4,6H3. The minimum atomic E-state index is 0.530. The van der Waals surface area contributed by atoms with Gasteiger partial charge in [-0.15, -0.1) is 0 Å². The van der Waals surface area contributed by atoms with E-state index in [1.165, 1.54) is 11.7 Å². The number of hydrogen-bond acceptors (Lipinski definition) is 1. The molecular weight excluding hydrogens is 177 g/mol. The molecule has 0 aromatic heterocycles. The van der Waals surface area contributed by atoms with Gasteiger partial charge in [0.25, 0.3) is 0 Å². The van der Waals surface area contributed by atoms with Crippen LogP contribution in [0.5, 0.6) is 0 Å². The van der Waals surface area contributed by atoms with Crippen molar-refractivity contribution in [3.63, 3.8) is 0 Å².